The van der Waals surface area contributed by atoms with E-state index in [0.29, 0.717) is 25.0 Å². The Bertz CT molecular complexity index is 1070. The molecule has 204 valence electrons. The molecule has 0 radical (unpaired) electrons. The Labute approximate surface area is 221 Å². The molecule has 1 amide bonds. The summed E-state index contributed by atoms with van der Waals surface area (Å²) in [6.45, 7) is 3.85. The van der Waals surface area contributed by atoms with E-state index in [4.69, 9.17) is 4.74 Å². The van der Waals surface area contributed by atoms with Gasteiger partial charge in [-0.15, -0.1) is 0 Å². The Morgan fingerprint density at radius 1 is 1.00 bits per heavy atom. The van der Waals surface area contributed by atoms with E-state index in [1.165, 1.54) is 23.5 Å². The number of amides is 1. The van der Waals surface area contributed by atoms with Crippen LogP contribution in [0, 0.1) is 0 Å². The van der Waals surface area contributed by atoms with Gasteiger partial charge in [-0.3, -0.25) is 9.59 Å². The number of sulfonamides is 1. The molecule has 0 saturated heterocycles. The summed E-state index contributed by atoms with van der Waals surface area (Å²) in [5, 5.41) is 14.1. The minimum absolute atomic E-state index is 0.0111. The maximum atomic E-state index is 13.5. The van der Waals surface area contributed by atoms with E-state index in [0.717, 1.165) is 18.4 Å². The van der Waals surface area contributed by atoms with Gasteiger partial charge in [-0.25, -0.2) is 8.42 Å². The SMILES string of the molecule is CCCCCN(CC(O)C(Cc1ccccc1)NC(=O)CCC(=O)CC)S(=O)(=O)c1ccc(OC)cc1. The fraction of sp³-hybridized carbons (Fsp3) is 0.500. The van der Waals surface area contributed by atoms with Crippen molar-refractivity contribution < 1.29 is 27.9 Å². The molecular formula is C28H40N2O6S. The molecule has 0 aliphatic carbocycles. The second-order valence-electron chi connectivity index (χ2n) is 9.07. The van der Waals surface area contributed by atoms with Crippen molar-refractivity contribution in [2.45, 2.75) is 75.8 Å². The van der Waals surface area contributed by atoms with Gasteiger partial charge in [-0.1, -0.05) is 57.0 Å². The van der Waals surface area contributed by atoms with Crippen LogP contribution in [0.3, 0.4) is 0 Å². The molecule has 0 aromatic heterocycles. The molecule has 9 heteroatoms. The summed E-state index contributed by atoms with van der Waals surface area (Å²) < 4.78 is 33.5. The minimum atomic E-state index is -3.90. The highest BCUT2D eigenvalue weighted by molar-refractivity contribution is 7.89. The molecule has 0 fully saturated rings. The third-order valence-electron chi connectivity index (χ3n) is 6.23. The van der Waals surface area contributed by atoms with Gasteiger partial charge in [0.05, 0.1) is 24.2 Å². The first-order valence-electron chi connectivity index (χ1n) is 12.9. The van der Waals surface area contributed by atoms with E-state index in [-0.39, 0.29) is 42.5 Å². The van der Waals surface area contributed by atoms with Crippen molar-refractivity contribution in [3.05, 3.63) is 60.2 Å². The summed E-state index contributed by atoms with van der Waals surface area (Å²) in [4.78, 5) is 24.4. The van der Waals surface area contributed by atoms with Gasteiger partial charge in [0.25, 0.3) is 0 Å². The van der Waals surface area contributed by atoms with Gasteiger partial charge < -0.3 is 15.2 Å². The van der Waals surface area contributed by atoms with Gasteiger partial charge in [0, 0.05) is 32.4 Å². The van der Waals surface area contributed by atoms with Gasteiger partial charge in [-0.05, 0) is 42.7 Å². The van der Waals surface area contributed by atoms with Crippen molar-refractivity contribution in [1.29, 1.82) is 0 Å². The summed E-state index contributed by atoms with van der Waals surface area (Å²) in [6.07, 6.45) is 2.08. The zero-order chi connectivity index (χ0) is 27.3. The van der Waals surface area contributed by atoms with Crippen molar-refractivity contribution in [3.63, 3.8) is 0 Å². The van der Waals surface area contributed by atoms with Gasteiger partial charge in [-0.2, -0.15) is 4.31 Å². The zero-order valence-corrected chi connectivity index (χ0v) is 22.9. The summed E-state index contributed by atoms with van der Waals surface area (Å²) >= 11 is 0. The second-order valence-corrected chi connectivity index (χ2v) is 11.0. The van der Waals surface area contributed by atoms with E-state index in [9.17, 15) is 23.1 Å². The maximum Gasteiger partial charge on any atom is 0.243 e. The van der Waals surface area contributed by atoms with Crippen LogP contribution in [-0.4, -0.2) is 61.9 Å². The molecule has 2 N–H and O–H groups in total. The van der Waals surface area contributed by atoms with Crippen molar-refractivity contribution in [2.75, 3.05) is 20.2 Å². The molecule has 0 heterocycles. The molecule has 2 atom stereocenters. The second kappa shape index (κ2) is 15.5. The van der Waals surface area contributed by atoms with Crippen LogP contribution in [0.2, 0.25) is 0 Å². The fourth-order valence-corrected chi connectivity index (χ4v) is 5.44. The number of aliphatic hydroxyl groups excluding tert-OH is 1. The molecule has 0 aliphatic heterocycles. The quantitative estimate of drug-likeness (QED) is 0.300. The third-order valence-corrected chi connectivity index (χ3v) is 8.11. The predicted molar refractivity (Wildman–Crippen MR) is 144 cm³/mol. The number of carbonyl (C=O) groups excluding carboxylic acids is 2. The molecule has 37 heavy (non-hydrogen) atoms. The fourth-order valence-electron chi connectivity index (χ4n) is 3.94. The van der Waals surface area contributed by atoms with Crippen LogP contribution in [0.25, 0.3) is 0 Å². The molecule has 2 aromatic carbocycles. The van der Waals surface area contributed by atoms with Crippen LogP contribution < -0.4 is 10.1 Å². The summed E-state index contributed by atoms with van der Waals surface area (Å²) in [5.74, 6) is 0.184. The molecular weight excluding hydrogens is 492 g/mol. The minimum Gasteiger partial charge on any atom is -0.497 e. The van der Waals surface area contributed by atoms with Gasteiger partial charge in [0.15, 0.2) is 0 Å². The number of methoxy groups -OCH3 is 1. The Kier molecular flexibility index (Phi) is 12.8. The molecule has 0 spiro atoms. The number of aliphatic hydroxyl groups is 1. The maximum absolute atomic E-state index is 13.5. The number of hydrogen-bond acceptors (Lipinski definition) is 6. The average molecular weight is 533 g/mol. The Morgan fingerprint density at radius 3 is 2.27 bits per heavy atom. The number of Topliss-reactive ketones (excluding diaryl/α,β-unsaturated/α-hetero) is 1. The lowest BCUT2D eigenvalue weighted by atomic mass is 10.0. The molecule has 0 saturated carbocycles. The lowest BCUT2D eigenvalue weighted by molar-refractivity contribution is -0.126. The summed E-state index contributed by atoms with van der Waals surface area (Å²) in [7, 11) is -2.39. The van der Waals surface area contributed by atoms with Crippen LogP contribution in [-0.2, 0) is 26.0 Å². The number of nitrogens with one attached hydrogen (secondary N) is 1. The van der Waals surface area contributed by atoms with E-state index in [1.807, 2.05) is 37.3 Å². The number of benzene rings is 2. The van der Waals surface area contributed by atoms with Crippen LogP contribution in [0.4, 0.5) is 0 Å². The first-order chi connectivity index (χ1) is 17.7. The highest BCUT2D eigenvalue weighted by Gasteiger charge is 2.30. The highest BCUT2D eigenvalue weighted by Crippen LogP contribution is 2.21. The monoisotopic (exact) mass is 532 g/mol. The first-order valence-corrected chi connectivity index (χ1v) is 14.3. The normalized spacial score (nSPS) is 13.2. The lowest BCUT2D eigenvalue weighted by Gasteiger charge is -2.30. The smallest absolute Gasteiger partial charge is 0.243 e. The highest BCUT2D eigenvalue weighted by atomic mass is 32.2. The van der Waals surface area contributed by atoms with Crippen LogP contribution in [0.5, 0.6) is 5.75 Å². The molecule has 0 bridgehead atoms. The van der Waals surface area contributed by atoms with Gasteiger partial charge >= 0.3 is 0 Å². The molecule has 8 nitrogen and oxygen atoms in total. The summed E-state index contributed by atoms with van der Waals surface area (Å²) in [6, 6.07) is 14.8. The van der Waals surface area contributed by atoms with Crippen molar-refractivity contribution >= 4 is 21.7 Å². The van der Waals surface area contributed by atoms with Crippen molar-refractivity contribution in [1.82, 2.24) is 9.62 Å². The topological polar surface area (TPSA) is 113 Å². The van der Waals surface area contributed by atoms with Crippen molar-refractivity contribution in [2.24, 2.45) is 0 Å². The van der Waals surface area contributed by atoms with E-state index < -0.39 is 22.2 Å². The molecule has 0 aliphatic rings. The van der Waals surface area contributed by atoms with E-state index in [1.54, 1.807) is 19.1 Å². The summed E-state index contributed by atoms with van der Waals surface area (Å²) in [5.41, 5.74) is 0.895. The number of hydrogen-bond donors (Lipinski definition) is 2. The number of carbonyl (C=O) groups is 2. The molecule has 2 unspecified atom stereocenters. The third kappa shape index (κ3) is 9.91. The molecule has 2 aromatic rings. The first kappa shape index (κ1) is 30.5. The largest absolute Gasteiger partial charge is 0.497 e. The van der Waals surface area contributed by atoms with Crippen molar-refractivity contribution in [3.8, 4) is 5.75 Å². The lowest BCUT2D eigenvalue weighted by Crippen LogP contribution is -2.50. The van der Waals surface area contributed by atoms with E-state index in [2.05, 4.69) is 5.32 Å². The number of ether oxygens (including phenoxy) is 1. The van der Waals surface area contributed by atoms with Gasteiger partial charge in [0.2, 0.25) is 15.9 Å². The van der Waals surface area contributed by atoms with Crippen LogP contribution in [0.1, 0.15) is 57.9 Å². The molecule has 2 rings (SSSR count). The number of nitrogens with zero attached hydrogens (tertiary/aromatic N) is 1. The number of ketones is 1. The zero-order valence-electron chi connectivity index (χ0n) is 22.1. The Balaban J connectivity index is 2.26. The average Bonchev–Trinajstić information content (AvgIpc) is 2.91. The predicted octanol–water partition coefficient (Wildman–Crippen LogP) is 3.72. The Hall–Kier alpha value is -2.75. The van der Waals surface area contributed by atoms with E-state index >= 15 is 0 Å². The standard InChI is InChI=1S/C28H40N2O6S/c1-4-6-10-19-30(37(34,35)25-16-14-24(36-3)15-17-25)21-27(32)26(20-22-11-8-7-9-12-22)29-28(33)18-13-23(31)5-2/h7-9,11-12,14-17,26-27,32H,4-6,10,13,18-21H2,1-3H3,(H,29,33). The number of rotatable bonds is 17. The Morgan fingerprint density at radius 2 is 1.68 bits per heavy atom. The van der Waals surface area contributed by atoms with Gasteiger partial charge in [0.1, 0.15) is 11.5 Å². The van der Waals surface area contributed by atoms with Crippen LogP contribution >= 0.6 is 0 Å². The number of unbranched alkanes of at least 4 members (excludes halogenated alkanes) is 2. The van der Waals surface area contributed by atoms with Crippen LogP contribution in [0.15, 0.2) is 59.5 Å².